The van der Waals surface area contributed by atoms with Crippen LogP contribution < -0.4 is 20.5 Å². The number of primary amides is 1. The molecule has 2 aromatic carbocycles. The van der Waals surface area contributed by atoms with E-state index in [-0.39, 0.29) is 40.9 Å². The van der Waals surface area contributed by atoms with Gasteiger partial charge in [-0.1, -0.05) is 17.7 Å². The van der Waals surface area contributed by atoms with Gasteiger partial charge < -0.3 is 20.5 Å². The zero-order valence-electron chi connectivity index (χ0n) is 23.8. The van der Waals surface area contributed by atoms with Crippen molar-refractivity contribution >= 4 is 50.2 Å². The molecule has 0 radical (unpaired) electrons. The van der Waals surface area contributed by atoms with Crippen LogP contribution in [0, 0.1) is 18.7 Å². The molecular weight excluding hydrogens is 639 g/mol. The molecule has 0 spiro atoms. The second kappa shape index (κ2) is 11.1. The van der Waals surface area contributed by atoms with Crippen LogP contribution in [0.25, 0.3) is 22.2 Å². The average Bonchev–Trinajstić information content (AvgIpc) is 3.76. The van der Waals surface area contributed by atoms with E-state index in [4.69, 9.17) is 31.8 Å². The van der Waals surface area contributed by atoms with Gasteiger partial charge in [0.25, 0.3) is 5.91 Å². The summed E-state index contributed by atoms with van der Waals surface area (Å²) in [5.74, 6) is -0.466. The van der Waals surface area contributed by atoms with Crippen molar-refractivity contribution in [2.24, 2.45) is 11.7 Å². The number of aryl methyl sites for hydroxylation is 1. The number of hydrogen-bond donors (Lipinski definition) is 2. The molecule has 3 heterocycles. The first-order valence-electron chi connectivity index (χ1n) is 13.9. The van der Waals surface area contributed by atoms with Gasteiger partial charge in [-0.15, -0.1) is 0 Å². The summed E-state index contributed by atoms with van der Waals surface area (Å²) in [5.41, 5.74) is 8.14. The first-order valence-corrected chi connectivity index (χ1v) is 15.0. The fraction of sp³-hybridized carbons (Fsp3) is 0.312. The van der Waals surface area contributed by atoms with E-state index in [9.17, 15) is 9.59 Å². The van der Waals surface area contributed by atoms with Crippen molar-refractivity contribution in [2.75, 3.05) is 20.3 Å². The zero-order valence-corrected chi connectivity index (χ0v) is 26.1. The maximum Gasteiger partial charge on any atom is 0.251 e. The average molecular weight is 668 g/mol. The van der Waals surface area contributed by atoms with E-state index in [1.807, 2.05) is 6.07 Å². The predicted octanol–water partition coefficient (Wildman–Crippen LogP) is 6.23. The van der Waals surface area contributed by atoms with Gasteiger partial charge in [-0.25, -0.2) is 14.4 Å². The van der Waals surface area contributed by atoms with E-state index < -0.39 is 17.1 Å². The Balaban J connectivity index is 1.37. The fourth-order valence-electron chi connectivity index (χ4n) is 5.59. The van der Waals surface area contributed by atoms with Crippen LogP contribution >= 0.6 is 27.5 Å². The van der Waals surface area contributed by atoms with E-state index in [0.717, 1.165) is 12.8 Å². The maximum absolute atomic E-state index is 15.4. The summed E-state index contributed by atoms with van der Waals surface area (Å²) < 4.78 is 27.1. The number of hydrogen-bond acceptors (Lipinski definition) is 6. The molecule has 1 aliphatic carbocycles. The van der Waals surface area contributed by atoms with E-state index in [1.165, 1.54) is 7.11 Å². The third kappa shape index (κ3) is 5.20. The minimum Gasteiger partial charge on any atom is -0.494 e. The largest absolute Gasteiger partial charge is 0.494 e. The van der Waals surface area contributed by atoms with Crippen LogP contribution in [0.1, 0.15) is 53.0 Å². The van der Waals surface area contributed by atoms with Crippen LogP contribution in [0.15, 0.2) is 46.9 Å². The number of carbonyl (C=O) groups is 2. The summed E-state index contributed by atoms with van der Waals surface area (Å²) in [6.45, 7) is 3.83. The van der Waals surface area contributed by atoms with Gasteiger partial charge >= 0.3 is 0 Å². The second-order valence-electron chi connectivity index (χ2n) is 11.3. The van der Waals surface area contributed by atoms with Crippen molar-refractivity contribution in [2.45, 2.75) is 38.0 Å². The Morgan fingerprint density at radius 3 is 2.72 bits per heavy atom. The Morgan fingerprint density at radius 1 is 1.26 bits per heavy atom. The van der Waals surface area contributed by atoms with Crippen LogP contribution in [-0.2, 0) is 10.2 Å². The summed E-state index contributed by atoms with van der Waals surface area (Å²) in [6, 6.07) is 11.9. The van der Waals surface area contributed by atoms with Gasteiger partial charge in [0, 0.05) is 40.2 Å². The highest BCUT2D eigenvalue weighted by molar-refractivity contribution is 9.10. The smallest absolute Gasteiger partial charge is 0.251 e. The number of fused-ring (bicyclic) bond motifs is 2. The third-order valence-corrected chi connectivity index (χ3v) is 9.39. The van der Waals surface area contributed by atoms with Crippen molar-refractivity contribution in [1.29, 1.82) is 0 Å². The lowest BCUT2D eigenvalue weighted by Gasteiger charge is -2.22. The van der Waals surface area contributed by atoms with Gasteiger partial charge in [0.05, 0.1) is 22.3 Å². The molecule has 1 aliphatic heterocycles. The topological polar surface area (TPSA) is 116 Å². The molecule has 0 bridgehead atoms. The van der Waals surface area contributed by atoms with Crippen molar-refractivity contribution in [3.05, 3.63) is 80.3 Å². The number of nitrogens with two attached hydrogens (primary N) is 1. The molecule has 2 atom stereocenters. The van der Waals surface area contributed by atoms with Crippen LogP contribution in [0.2, 0.25) is 5.02 Å². The van der Waals surface area contributed by atoms with Crippen molar-refractivity contribution in [1.82, 2.24) is 15.3 Å². The van der Waals surface area contributed by atoms with Crippen LogP contribution in [-0.4, -0.2) is 42.0 Å². The molecule has 4 aromatic rings. The number of benzene rings is 2. The lowest BCUT2D eigenvalue weighted by Crippen LogP contribution is -2.40. The summed E-state index contributed by atoms with van der Waals surface area (Å²) in [4.78, 5) is 35.5. The van der Waals surface area contributed by atoms with Gasteiger partial charge in [-0.05, 0) is 84.9 Å². The minimum atomic E-state index is -1.11. The standard InChI is InChI=1S/C32H29BrClFN4O4/c1-15-23(34)10-17-9-18(11-25(42-3)27(17)38-15)30(40)37-13-20(16-7-8-16)24-12-21-29(43-14-32(21,2)31(36)41)28(39-24)19-5-4-6-22(33)26(19)35/h4-6,9-12,16,20H,7-8,13-14H2,1-3H3,(H2,36,41)(H,37,40)/t20-,32-/m0/s1. The molecule has 2 aromatic heterocycles. The minimum absolute atomic E-state index is 0.0262. The Morgan fingerprint density at radius 2 is 2.02 bits per heavy atom. The van der Waals surface area contributed by atoms with Gasteiger partial charge in [-0.3, -0.25) is 9.59 Å². The molecule has 1 fully saturated rings. The normalized spacial score (nSPS) is 18.2. The monoisotopic (exact) mass is 666 g/mol. The summed E-state index contributed by atoms with van der Waals surface area (Å²) in [6.07, 6.45) is 1.91. The quantitative estimate of drug-likeness (QED) is 0.230. The Hall–Kier alpha value is -3.76. The number of nitrogens with zero attached hydrogens (tertiary/aromatic N) is 2. The van der Waals surface area contributed by atoms with E-state index in [1.54, 1.807) is 50.2 Å². The summed E-state index contributed by atoms with van der Waals surface area (Å²) in [5, 5.41) is 4.24. The predicted molar refractivity (Wildman–Crippen MR) is 165 cm³/mol. The molecule has 0 saturated heterocycles. The third-order valence-electron chi connectivity index (χ3n) is 8.39. The van der Waals surface area contributed by atoms with E-state index >= 15 is 4.39 Å². The molecule has 8 nitrogen and oxygen atoms in total. The van der Waals surface area contributed by atoms with Gasteiger partial charge in [0.1, 0.15) is 40.5 Å². The number of ether oxygens (including phenoxy) is 2. The Kier molecular flexibility index (Phi) is 7.54. The molecule has 1 saturated carbocycles. The molecule has 3 N–H and O–H groups in total. The van der Waals surface area contributed by atoms with Gasteiger partial charge in [-0.2, -0.15) is 0 Å². The number of pyridine rings is 2. The number of aromatic nitrogens is 2. The Bertz CT molecular complexity index is 1810. The molecule has 2 amide bonds. The fourth-order valence-corrected chi connectivity index (χ4v) is 6.12. The van der Waals surface area contributed by atoms with Gasteiger partial charge in [0.15, 0.2) is 0 Å². The molecule has 2 aliphatic rings. The molecule has 0 unspecified atom stereocenters. The molecule has 6 rings (SSSR count). The first-order chi connectivity index (χ1) is 20.5. The number of amides is 2. The maximum atomic E-state index is 15.4. The van der Waals surface area contributed by atoms with Crippen molar-refractivity contribution in [3.63, 3.8) is 0 Å². The van der Waals surface area contributed by atoms with Crippen LogP contribution in [0.5, 0.6) is 11.5 Å². The van der Waals surface area contributed by atoms with Crippen molar-refractivity contribution in [3.8, 4) is 22.8 Å². The van der Waals surface area contributed by atoms with E-state index in [0.29, 0.717) is 55.6 Å². The van der Waals surface area contributed by atoms with Crippen LogP contribution in [0.3, 0.4) is 0 Å². The second-order valence-corrected chi connectivity index (χ2v) is 12.6. The van der Waals surface area contributed by atoms with E-state index in [2.05, 4.69) is 26.2 Å². The van der Waals surface area contributed by atoms with Crippen molar-refractivity contribution < 1.29 is 23.5 Å². The Labute approximate surface area is 261 Å². The SMILES string of the molecule is COc1cc(C(=O)NC[C@H](c2cc3c(c(-c4cccc(Br)c4F)n2)OC[C@]3(C)C(N)=O)C2CC2)cc2cc(Cl)c(C)nc12. The highest BCUT2D eigenvalue weighted by Gasteiger charge is 2.45. The summed E-state index contributed by atoms with van der Waals surface area (Å²) in [7, 11) is 1.53. The molecule has 11 heteroatoms. The number of halogens is 3. The lowest BCUT2D eigenvalue weighted by molar-refractivity contribution is -0.123. The number of nitrogens with one attached hydrogen (secondary N) is 1. The molecular formula is C32H29BrClFN4O4. The number of methoxy groups -OCH3 is 1. The highest BCUT2D eigenvalue weighted by atomic mass is 79.9. The highest BCUT2D eigenvalue weighted by Crippen LogP contribution is 2.49. The molecule has 43 heavy (non-hydrogen) atoms. The number of carbonyl (C=O) groups excluding carboxylic acids is 2. The summed E-state index contributed by atoms with van der Waals surface area (Å²) >= 11 is 9.57. The number of rotatable bonds is 8. The van der Waals surface area contributed by atoms with Gasteiger partial charge in [0.2, 0.25) is 5.91 Å². The first kappa shape index (κ1) is 29.3. The van der Waals surface area contributed by atoms with Crippen LogP contribution in [0.4, 0.5) is 4.39 Å². The molecule has 222 valence electrons. The lowest BCUT2D eigenvalue weighted by atomic mass is 9.82. The zero-order chi connectivity index (χ0) is 30.6.